The van der Waals surface area contributed by atoms with E-state index in [1.807, 2.05) is 43.0 Å². The highest BCUT2D eigenvalue weighted by molar-refractivity contribution is 6.00. The molecule has 144 valence electrons. The SMILES string of the molecule is COc1ccccc1N1CCN(CC(=O)Nc2cn(C)nc2C)[C@@H](C)C1=O. The molecule has 2 heterocycles. The first-order valence-electron chi connectivity index (χ1n) is 8.89. The van der Waals surface area contributed by atoms with Crippen molar-refractivity contribution in [3.8, 4) is 5.75 Å². The molecule has 1 aliphatic heterocycles. The van der Waals surface area contributed by atoms with Gasteiger partial charge in [0, 0.05) is 26.3 Å². The summed E-state index contributed by atoms with van der Waals surface area (Å²) in [6.45, 7) is 4.93. The van der Waals surface area contributed by atoms with Gasteiger partial charge in [-0.05, 0) is 26.0 Å². The highest BCUT2D eigenvalue weighted by Crippen LogP contribution is 2.30. The number of methoxy groups -OCH3 is 1. The van der Waals surface area contributed by atoms with E-state index in [2.05, 4.69) is 10.4 Å². The zero-order valence-electron chi connectivity index (χ0n) is 16.1. The third kappa shape index (κ3) is 3.95. The minimum Gasteiger partial charge on any atom is -0.495 e. The summed E-state index contributed by atoms with van der Waals surface area (Å²) < 4.78 is 7.03. The van der Waals surface area contributed by atoms with Gasteiger partial charge in [-0.15, -0.1) is 0 Å². The number of ether oxygens (including phenoxy) is 1. The molecule has 1 atom stereocenters. The lowest BCUT2D eigenvalue weighted by molar-refractivity contribution is -0.127. The second kappa shape index (κ2) is 7.79. The van der Waals surface area contributed by atoms with Crippen LogP contribution >= 0.6 is 0 Å². The van der Waals surface area contributed by atoms with Crippen molar-refractivity contribution in [1.29, 1.82) is 0 Å². The summed E-state index contributed by atoms with van der Waals surface area (Å²) in [7, 11) is 3.40. The standard InChI is InChI=1S/C19H25N5O3/c1-13-15(11-22(3)21-13)20-18(25)12-23-9-10-24(19(26)14(23)2)16-7-5-6-8-17(16)27-4/h5-8,11,14H,9-10,12H2,1-4H3,(H,20,25)/t14-/m0/s1. The number of piperazine rings is 1. The quantitative estimate of drug-likeness (QED) is 0.860. The third-order valence-corrected chi connectivity index (χ3v) is 4.79. The number of hydrogen-bond donors (Lipinski definition) is 1. The van der Waals surface area contributed by atoms with Crippen LogP contribution in [0.3, 0.4) is 0 Å². The van der Waals surface area contributed by atoms with Gasteiger partial charge in [0.2, 0.25) is 11.8 Å². The summed E-state index contributed by atoms with van der Waals surface area (Å²) in [4.78, 5) is 28.9. The maximum Gasteiger partial charge on any atom is 0.244 e. The Bertz CT molecular complexity index is 848. The Morgan fingerprint density at radius 2 is 2.07 bits per heavy atom. The van der Waals surface area contributed by atoms with E-state index in [1.165, 1.54) is 0 Å². The molecule has 1 fully saturated rings. The summed E-state index contributed by atoms with van der Waals surface area (Å²) in [6.07, 6.45) is 1.77. The Hall–Kier alpha value is -2.87. The number of anilines is 2. The lowest BCUT2D eigenvalue weighted by Gasteiger charge is -2.39. The van der Waals surface area contributed by atoms with Crippen LogP contribution in [0.25, 0.3) is 0 Å². The first-order valence-corrected chi connectivity index (χ1v) is 8.89. The Morgan fingerprint density at radius 1 is 1.33 bits per heavy atom. The number of nitrogens with one attached hydrogen (secondary N) is 1. The van der Waals surface area contributed by atoms with Crippen molar-refractivity contribution in [2.45, 2.75) is 19.9 Å². The molecule has 0 spiro atoms. The van der Waals surface area contributed by atoms with Crippen molar-refractivity contribution < 1.29 is 14.3 Å². The van der Waals surface area contributed by atoms with Gasteiger partial charge in [0.1, 0.15) is 5.75 Å². The van der Waals surface area contributed by atoms with Gasteiger partial charge < -0.3 is 15.0 Å². The minimum absolute atomic E-state index is 0.0453. The molecule has 1 N–H and O–H groups in total. The smallest absolute Gasteiger partial charge is 0.244 e. The summed E-state index contributed by atoms with van der Waals surface area (Å²) in [5.41, 5.74) is 2.21. The molecular weight excluding hydrogens is 346 g/mol. The van der Waals surface area contributed by atoms with Crippen LogP contribution in [0.5, 0.6) is 5.75 Å². The van der Waals surface area contributed by atoms with Crippen LogP contribution < -0.4 is 15.0 Å². The number of aromatic nitrogens is 2. The van der Waals surface area contributed by atoms with E-state index in [-0.39, 0.29) is 18.4 Å². The fraction of sp³-hybridized carbons (Fsp3) is 0.421. The van der Waals surface area contributed by atoms with E-state index in [0.717, 1.165) is 11.4 Å². The molecule has 0 saturated carbocycles. The topological polar surface area (TPSA) is 79.7 Å². The van der Waals surface area contributed by atoms with E-state index in [9.17, 15) is 9.59 Å². The molecule has 0 bridgehead atoms. The van der Waals surface area contributed by atoms with E-state index in [4.69, 9.17) is 4.74 Å². The molecule has 8 heteroatoms. The summed E-state index contributed by atoms with van der Waals surface area (Å²) in [5.74, 6) is 0.462. The second-order valence-corrected chi connectivity index (χ2v) is 6.66. The van der Waals surface area contributed by atoms with Gasteiger partial charge in [0.25, 0.3) is 0 Å². The molecule has 1 aromatic carbocycles. The van der Waals surface area contributed by atoms with E-state index in [1.54, 1.807) is 29.9 Å². The molecular formula is C19H25N5O3. The molecule has 27 heavy (non-hydrogen) atoms. The van der Waals surface area contributed by atoms with Crippen molar-refractivity contribution in [3.63, 3.8) is 0 Å². The lowest BCUT2D eigenvalue weighted by Crippen LogP contribution is -2.57. The number of aryl methyl sites for hydroxylation is 2. The average molecular weight is 371 g/mol. The first kappa shape index (κ1) is 18.9. The van der Waals surface area contributed by atoms with Gasteiger partial charge in [-0.2, -0.15) is 5.10 Å². The van der Waals surface area contributed by atoms with Crippen LogP contribution in [0.4, 0.5) is 11.4 Å². The zero-order valence-corrected chi connectivity index (χ0v) is 16.1. The van der Waals surface area contributed by atoms with Gasteiger partial charge in [-0.25, -0.2) is 0 Å². The molecule has 2 amide bonds. The molecule has 1 aromatic heterocycles. The summed E-state index contributed by atoms with van der Waals surface area (Å²) in [5, 5.41) is 7.08. The number of nitrogens with zero attached hydrogens (tertiary/aromatic N) is 4. The third-order valence-electron chi connectivity index (χ3n) is 4.79. The number of benzene rings is 1. The van der Waals surface area contributed by atoms with Crippen LogP contribution in [0.15, 0.2) is 30.5 Å². The normalized spacial score (nSPS) is 17.9. The van der Waals surface area contributed by atoms with E-state index < -0.39 is 6.04 Å². The van der Waals surface area contributed by atoms with Crippen molar-refractivity contribution in [3.05, 3.63) is 36.2 Å². The highest BCUT2D eigenvalue weighted by Gasteiger charge is 2.34. The summed E-state index contributed by atoms with van der Waals surface area (Å²) >= 11 is 0. The average Bonchev–Trinajstić information content (AvgIpc) is 2.96. The highest BCUT2D eigenvalue weighted by atomic mass is 16.5. The molecule has 1 aliphatic rings. The van der Waals surface area contributed by atoms with Gasteiger partial charge in [0.05, 0.1) is 36.8 Å². The fourth-order valence-corrected chi connectivity index (χ4v) is 3.32. The van der Waals surface area contributed by atoms with Gasteiger partial charge >= 0.3 is 0 Å². The fourth-order valence-electron chi connectivity index (χ4n) is 3.32. The number of carbonyl (C=O) groups is 2. The number of carbonyl (C=O) groups excluding carboxylic acids is 2. The Balaban J connectivity index is 1.66. The summed E-state index contributed by atoms with van der Waals surface area (Å²) in [6, 6.07) is 7.06. The minimum atomic E-state index is -0.399. The monoisotopic (exact) mass is 371 g/mol. The molecule has 2 aromatic rings. The van der Waals surface area contributed by atoms with Gasteiger partial charge in [-0.3, -0.25) is 19.2 Å². The maximum atomic E-state index is 12.9. The van der Waals surface area contributed by atoms with Crippen molar-refractivity contribution >= 4 is 23.2 Å². The number of hydrogen-bond acceptors (Lipinski definition) is 5. The zero-order chi connectivity index (χ0) is 19.6. The van der Waals surface area contributed by atoms with Crippen LogP contribution in [0, 0.1) is 6.92 Å². The Morgan fingerprint density at radius 3 is 2.74 bits per heavy atom. The van der Waals surface area contributed by atoms with Crippen LogP contribution in [-0.2, 0) is 16.6 Å². The predicted octanol–water partition coefficient (Wildman–Crippen LogP) is 1.41. The molecule has 3 rings (SSSR count). The molecule has 0 radical (unpaired) electrons. The molecule has 0 aliphatic carbocycles. The van der Waals surface area contributed by atoms with Crippen LogP contribution in [0.2, 0.25) is 0 Å². The molecule has 8 nitrogen and oxygen atoms in total. The van der Waals surface area contributed by atoms with Gasteiger partial charge in [-0.1, -0.05) is 12.1 Å². The maximum absolute atomic E-state index is 12.9. The number of rotatable bonds is 5. The molecule has 0 unspecified atom stereocenters. The largest absolute Gasteiger partial charge is 0.495 e. The van der Waals surface area contributed by atoms with Gasteiger partial charge in [0.15, 0.2) is 0 Å². The van der Waals surface area contributed by atoms with E-state index in [0.29, 0.717) is 24.5 Å². The van der Waals surface area contributed by atoms with Crippen molar-refractivity contribution in [1.82, 2.24) is 14.7 Å². The van der Waals surface area contributed by atoms with Crippen LogP contribution in [-0.4, -0.2) is 59.3 Å². The van der Waals surface area contributed by atoms with Crippen molar-refractivity contribution in [2.75, 3.05) is 37.0 Å². The van der Waals surface area contributed by atoms with E-state index >= 15 is 0 Å². The second-order valence-electron chi connectivity index (χ2n) is 6.66. The predicted molar refractivity (Wildman–Crippen MR) is 103 cm³/mol. The van der Waals surface area contributed by atoms with Crippen molar-refractivity contribution in [2.24, 2.45) is 7.05 Å². The lowest BCUT2D eigenvalue weighted by atomic mass is 10.1. The number of para-hydroxylation sites is 2. The Labute approximate surface area is 158 Å². The van der Waals surface area contributed by atoms with Crippen LogP contribution in [0.1, 0.15) is 12.6 Å². The first-order chi connectivity index (χ1) is 12.9. The molecule has 1 saturated heterocycles. The number of amides is 2. The Kier molecular flexibility index (Phi) is 5.46.